The summed E-state index contributed by atoms with van der Waals surface area (Å²) in [6.07, 6.45) is 1.41. The van der Waals surface area contributed by atoms with Crippen LogP contribution < -0.4 is 24.3 Å². The molecule has 0 unspecified atom stereocenters. The molecule has 1 amide bonds. The van der Waals surface area contributed by atoms with E-state index in [2.05, 4.69) is 10.5 Å². The van der Waals surface area contributed by atoms with Gasteiger partial charge in [-0.3, -0.25) is 4.79 Å². The van der Waals surface area contributed by atoms with E-state index in [9.17, 15) is 10.1 Å². The number of ether oxygens (including phenoxy) is 4. The lowest BCUT2D eigenvalue weighted by atomic mass is 10.1. The number of benzene rings is 2. The Balaban J connectivity index is 1.73. The molecule has 0 spiro atoms. The molecule has 1 N–H and O–H groups in total. The van der Waals surface area contributed by atoms with Crippen LogP contribution in [0.4, 0.5) is 5.82 Å². The lowest BCUT2D eigenvalue weighted by molar-refractivity contribution is -0.112. The third-order valence-corrected chi connectivity index (χ3v) is 4.62. The summed E-state index contributed by atoms with van der Waals surface area (Å²) < 4.78 is 27.4. The van der Waals surface area contributed by atoms with E-state index >= 15 is 0 Å². The number of carbonyl (C=O) groups is 1. The third kappa shape index (κ3) is 6.29. The van der Waals surface area contributed by atoms with Crippen LogP contribution in [-0.2, 0) is 4.79 Å². The second kappa shape index (κ2) is 11.4. The second-order valence-electron chi connectivity index (χ2n) is 7.21. The summed E-state index contributed by atoms with van der Waals surface area (Å²) in [6.45, 7) is 4.25. The number of nitrogens with zero attached hydrogens (tertiary/aromatic N) is 2. The number of nitrogens with one attached hydrogen (secondary N) is 1. The van der Waals surface area contributed by atoms with E-state index < -0.39 is 5.91 Å². The summed E-state index contributed by atoms with van der Waals surface area (Å²) >= 11 is 0. The van der Waals surface area contributed by atoms with Gasteiger partial charge in [0.1, 0.15) is 36.4 Å². The number of carbonyl (C=O) groups excluding carboxylic acids is 1. The van der Waals surface area contributed by atoms with Crippen molar-refractivity contribution < 1.29 is 28.3 Å². The molecular weight excluding hydrogens is 438 g/mol. The minimum absolute atomic E-state index is 0.134. The Morgan fingerprint density at radius 2 is 1.79 bits per heavy atom. The highest BCUT2D eigenvalue weighted by Gasteiger charge is 2.16. The van der Waals surface area contributed by atoms with E-state index in [-0.39, 0.29) is 18.0 Å². The molecule has 0 saturated heterocycles. The van der Waals surface area contributed by atoms with Gasteiger partial charge in [-0.1, -0.05) is 17.3 Å². The van der Waals surface area contributed by atoms with Crippen molar-refractivity contribution in [3.8, 4) is 29.1 Å². The minimum atomic E-state index is -0.623. The molecule has 9 heteroatoms. The average Bonchev–Trinajstić information content (AvgIpc) is 3.24. The van der Waals surface area contributed by atoms with Crippen LogP contribution in [0.25, 0.3) is 6.08 Å². The van der Waals surface area contributed by atoms with Crippen molar-refractivity contribution in [1.82, 2.24) is 5.16 Å². The summed E-state index contributed by atoms with van der Waals surface area (Å²) in [5.41, 5.74) is 1.48. The first-order chi connectivity index (χ1) is 16.4. The number of aromatic nitrogens is 1. The zero-order chi connectivity index (χ0) is 24.5. The Hall–Kier alpha value is -4.45. The quantitative estimate of drug-likeness (QED) is 0.269. The highest BCUT2D eigenvalue weighted by molar-refractivity contribution is 6.09. The molecule has 0 radical (unpaired) electrons. The van der Waals surface area contributed by atoms with Crippen LogP contribution in [0.5, 0.6) is 23.0 Å². The van der Waals surface area contributed by atoms with Gasteiger partial charge in [-0.05, 0) is 55.3 Å². The standard InChI is InChI=1S/C25H25N3O6/c1-16-6-5-7-20(10-16)32-8-9-33-24-21(30-3)13-18(14-22(24)31-4)12-19(15-26)25(29)27-23-11-17(2)34-28-23/h5-7,10-14H,8-9H2,1-4H3,(H,27,28,29)/b19-12-. The van der Waals surface area contributed by atoms with E-state index in [0.29, 0.717) is 35.2 Å². The maximum absolute atomic E-state index is 12.5. The molecule has 0 atom stereocenters. The van der Waals surface area contributed by atoms with E-state index in [1.807, 2.05) is 37.3 Å². The minimum Gasteiger partial charge on any atom is -0.493 e. The number of aryl methyl sites for hydroxylation is 2. The first kappa shape index (κ1) is 24.2. The molecule has 0 aliphatic heterocycles. The summed E-state index contributed by atoms with van der Waals surface area (Å²) in [6, 6.07) is 14.5. The van der Waals surface area contributed by atoms with Gasteiger partial charge in [0.05, 0.1) is 14.2 Å². The zero-order valence-corrected chi connectivity index (χ0v) is 19.4. The van der Waals surface area contributed by atoms with Gasteiger partial charge in [0, 0.05) is 6.07 Å². The fraction of sp³-hybridized carbons (Fsp3) is 0.240. The molecule has 1 aromatic heterocycles. The van der Waals surface area contributed by atoms with Crippen molar-refractivity contribution >= 4 is 17.8 Å². The van der Waals surface area contributed by atoms with Crippen LogP contribution in [0.1, 0.15) is 16.9 Å². The first-order valence-electron chi connectivity index (χ1n) is 10.4. The van der Waals surface area contributed by atoms with Gasteiger partial charge in [-0.2, -0.15) is 5.26 Å². The van der Waals surface area contributed by atoms with Gasteiger partial charge in [0.25, 0.3) is 5.91 Å². The van der Waals surface area contributed by atoms with E-state index in [0.717, 1.165) is 11.3 Å². The first-order valence-corrected chi connectivity index (χ1v) is 10.4. The van der Waals surface area contributed by atoms with E-state index in [1.54, 1.807) is 25.1 Å². The van der Waals surface area contributed by atoms with Gasteiger partial charge >= 0.3 is 0 Å². The van der Waals surface area contributed by atoms with Crippen LogP contribution in [0.3, 0.4) is 0 Å². The fourth-order valence-corrected chi connectivity index (χ4v) is 3.06. The maximum Gasteiger partial charge on any atom is 0.267 e. The molecule has 0 bridgehead atoms. The molecule has 9 nitrogen and oxygen atoms in total. The summed E-state index contributed by atoms with van der Waals surface area (Å²) in [5, 5.41) is 15.7. The molecule has 3 aromatic rings. The molecule has 0 saturated carbocycles. The SMILES string of the molecule is COc1cc(/C=C(/C#N)C(=O)Nc2cc(C)on2)cc(OC)c1OCCOc1cccc(C)c1. The van der Waals surface area contributed by atoms with Crippen LogP contribution >= 0.6 is 0 Å². The van der Waals surface area contributed by atoms with Crippen molar-refractivity contribution in [3.05, 3.63) is 64.9 Å². The van der Waals surface area contributed by atoms with Gasteiger partial charge in [0.15, 0.2) is 17.3 Å². The highest BCUT2D eigenvalue weighted by atomic mass is 16.6. The molecule has 176 valence electrons. The number of amides is 1. The summed E-state index contributed by atoms with van der Waals surface area (Å²) in [4.78, 5) is 12.5. The molecule has 2 aromatic carbocycles. The number of anilines is 1. The molecule has 3 rings (SSSR count). The highest BCUT2D eigenvalue weighted by Crippen LogP contribution is 2.39. The number of methoxy groups -OCH3 is 2. The maximum atomic E-state index is 12.5. The third-order valence-electron chi connectivity index (χ3n) is 4.62. The molecule has 0 fully saturated rings. The topological polar surface area (TPSA) is 116 Å². The van der Waals surface area contributed by atoms with Gasteiger partial charge in [-0.15, -0.1) is 0 Å². The largest absolute Gasteiger partial charge is 0.493 e. The molecule has 0 aliphatic carbocycles. The Labute approximate surface area is 197 Å². The van der Waals surface area contributed by atoms with Crippen LogP contribution in [0.2, 0.25) is 0 Å². The monoisotopic (exact) mass is 463 g/mol. The lowest BCUT2D eigenvalue weighted by Gasteiger charge is -2.16. The van der Waals surface area contributed by atoms with Crippen LogP contribution in [0.15, 0.2) is 52.6 Å². The summed E-state index contributed by atoms with van der Waals surface area (Å²) in [7, 11) is 2.98. The van der Waals surface area contributed by atoms with E-state index in [4.69, 9.17) is 23.5 Å². The van der Waals surface area contributed by atoms with Crippen molar-refractivity contribution in [1.29, 1.82) is 5.26 Å². The Kier molecular flexibility index (Phi) is 8.13. The van der Waals surface area contributed by atoms with Crippen molar-refractivity contribution in [3.63, 3.8) is 0 Å². The zero-order valence-electron chi connectivity index (χ0n) is 19.4. The van der Waals surface area contributed by atoms with Crippen LogP contribution in [0, 0.1) is 25.2 Å². The van der Waals surface area contributed by atoms with Gasteiger partial charge in [0.2, 0.25) is 5.75 Å². The number of hydrogen-bond acceptors (Lipinski definition) is 8. The lowest BCUT2D eigenvalue weighted by Crippen LogP contribution is -2.13. The molecule has 1 heterocycles. The predicted molar refractivity (Wildman–Crippen MR) is 125 cm³/mol. The van der Waals surface area contributed by atoms with Gasteiger partial charge < -0.3 is 28.8 Å². The predicted octanol–water partition coefficient (Wildman–Crippen LogP) is 4.31. The second-order valence-corrected chi connectivity index (χ2v) is 7.21. The fourth-order valence-electron chi connectivity index (χ4n) is 3.06. The van der Waals surface area contributed by atoms with Crippen LogP contribution in [-0.4, -0.2) is 38.5 Å². The Bertz CT molecular complexity index is 1200. The van der Waals surface area contributed by atoms with Crippen molar-refractivity contribution in [2.45, 2.75) is 13.8 Å². The van der Waals surface area contributed by atoms with Crippen molar-refractivity contribution in [2.75, 3.05) is 32.8 Å². The normalized spacial score (nSPS) is 10.9. The van der Waals surface area contributed by atoms with Gasteiger partial charge in [-0.25, -0.2) is 0 Å². The molecular formula is C25H25N3O6. The number of rotatable bonds is 10. The number of nitriles is 1. The number of hydrogen-bond donors (Lipinski definition) is 1. The Morgan fingerprint density at radius 1 is 1.09 bits per heavy atom. The molecule has 34 heavy (non-hydrogen) atoms. The summed E-state index contributed by atoms with van der Waals surface area (Å²) in [5.74, 6) is 2.03. The smallest absolute Gasteiger partial charge is 0.267 e. The average molecular weight is 463 g/mol. The van der Waals surface area contributed by atoms with E-state index in [1.165, 1.54) is 20.3 Å². The molecule has 0 aliphatic rings. The Morgan fingerprint density at radius 3 is 2.38 bits per heavy atom. The van der Waals surface area contributed by atoms with Crippen molar-refractivity contribution in [2.24, 2.45) is 0 Å².